The summed E-state index contributed by atoms with van der Waals surface area (Å²) < 4.78 is 1.39. The van der Waals surface area contributed by atoms with Crippen molar-refractivity contribution in [2.24, 2.45) is 0 Å². The van der Waals surface area contributed by atoms with E-state index in [1.165, 1.54) is 54.7 Å². The lowest BCUT2D eigenvalue weighted by Gasteiger charge is -2.22. The molecule has 0 bridgehead atoms. The Morgan fingerprint density at radius 3 is 2.73 bits per heavy atom. The average molecular weight is 351 g/mol. The molecule has 0 radical (unpaired) electrons. The van der Waals surface area contributed by atoms with Crippen LogP contribution in [0.15, 0.2) is 30.6 Å². The molecular formula is C19H21N5O2. The number of hydrogen-bond donors (Lipinski definition) is 2. The van der Waals surface area contributed by atoms with E-state index in [-0.39, 0.29) is 5.56 Å². The molecule has 7 heteroatoms. The Hall–Kier alpha value is -2.96. The molecule has 134 valence electrons. The quantitative estimate of drug-likeness (QED) is 0.746. The Bertz CT molecular complexity index is 960. The Labute approximate surface area is 151 Å². The normalized spacial score (nSPS) is 15.3. The third kappa shape index (κ3) is 3.00. The van der Waals surface area contributed by atoms with Gasteiger partial charge in [0.15, 0.2) is 0 Å². The Balaban J connectivity index is 1.76. The third-order valence-corrected chi connectivity index (χ3v) is 5.06. The fraction of sp³-hybridized carbons (Fsp3) is 0.368. The minimum Gasteiger partial charge on any atom is -0.478 e. The second kappa shape index (κ2) is 6.74. The first-order chi connectivity index (χ1) is 12.7. The standard InChI is InChI=1S/C19H21N5O2/c1-20-17-15-9-13(12-5-3-2-4-6-12)7-8-16(15)22-19(23-17)24-11-14(10-21-24)18(25)26/h7-12H,2-6H2,1H3,(H,25,26)(H,20,22,23). The molecular weight excluding hydrogens is 330 g/mol. The van der Waals surface area contributed by atoms with Crippen LogP contribution in [0.5, 0.6) is 0 Å². The number of nitrogens with one attached hydrogen (secondary N) is 1. The van der Waals surface area contributed by atoms with Crippen molar-refractivity contribution >= 4 is 22.7 Å². The molecule has 0 unspecified atom stereocenters. The smallest absolute Gasteiger partial charge is 0.338 e. The molecule has 4 rings (SSSR count). The number of hydrogen-bond acceptors (Lipinski definition) is 5. The van der Waals surface area contributed by atoms with E-state index in [2.05, 4.69) is 32.5 Å². The summed E-state index contributed by atoms with van der Waals surface area (Å²) in [5, 5.41) is 17.2. The summed E-state index contributed by atoms with van der Waals surface area (Å²) in [7, 11) is 1.82. The fourth-order valence-electron chi connectivity index (χ4n) is 3.66. The number of nitrogens with zero attached hydrogens (tertiary/aromatic N) is 4. The molecule has 0 saturated heterocycles. The summed E-state index contributed by atoms with van der Waals surface area (Å²) in [6.45, 7) is 0. The maximum atomic E-state index is 11.1. The highest BCUT2D eigenvalue weighted by Crippen LogP contribution is 2.34. The highest BCUT2D eigenvalue weighted by Gasteiger charge is 2.18. The van der Waals surface area contributed by atoms with Gasteiger partial charge in [-0.2, -0.15) is 10.1 Å². The van der Waals surface area contributed by atoms with Gasteiger partial charge in [-0.15, -0.1) is 0 Å². The predicted molar refractivity (Wildman–Crippen MR) is 99.0 cm³/mol. The van der Waals surface area contributed by atoms with Gasteiger partial charge in [0.1, 0.15) is 5.82 Å². The zero-order valence-electron chi connectivity index (χ0n) is 14.6. The van der Waals surface area contributed by atoms with Crippen LogP contribution >= 0.6 is 0 Å². The van der Waals surface area contributed by atoms with Crippen molar-refractivity contribution < 1.29 is 9.90 Å². The van der Waals surface area contributed by atoms with Crippen molar-refractivity contribution in [2.45, 2.75) is 38.0 Å². The zero-order chi connectivity index (χ0) is 18.1. The van der Waals surface area contributed by atoms with Gasteiger partial charge in [-0.25, -0.2) is 14.5 Å². The van der Waals surface area contributed by atoms with Crippen LogP contribution in [0.4, 0.5) is 5.82 Å². The van der Waals surface area contributed by atoms with Crippen molar-refractivity contribution in [3.63, 3.8) is 0 Å². The van der Waals surface area contributed by atoms with E-state index in [1.54, 1.807) is 0 Å². The molecule has 26 heavy (non-hydrogen) atoms. The van der Waals surface area contributed by atoms with Crippen molar-refractivity contribution in [3.8, 4) is 5.95 Å². The number of rotatable bonds is 4. The molecule has 1 aliphatic carbocycles. The number of carboxylic acids is 1. The molecule has 7 nitrogen and oxygen atoms in total. The Morgan fingerprint density at radius 1 is 1.23 bits per heavy atom. The molecule has 0 atom stereocenters. The molecule has 1 fully saturated rings. The van der Waals surface area contributed by atoms with Crippen LogP contribution < -0.4 is 5.32 Å². The van der Waals surface area contributed by atoms with Crippen molar-refractivity contribution in [1.29, 1.82) is 0 Å². The summed E-state index contributed by atoms with van der Waals surface area (Å²) in [5.41, 5.74) is 2.26. The van der Waals surface area contributed by atoms with Crippen LogP contribution in [-0.4, -0.2) is 37.9 Å². The maximum absolute atomic E-state index is 11.1. The molecule has 3 aromatic rings. The number of fused-ring (bicyclic) bond motifs is 1. The second-order valence-corrected chi connectivity index (χ2v) is 6.71. The number of benzene rings is 1. The van der Waals surface area contributed by atoms with E-state index in [9.17, 15) is 4.79 Å². The minimum atomic E-state index is -1.02. The molecule has 1 aromatic carbocycles. The van der Waals surface area contributed by atoms with Gasteiger partial charge in [0.2, 0.25) is 0 Å². The number of aromatic nitrogens is 4. The summed E-state index contributed by atoms with van der Waals surface area (Å²) in [6, 6.07) is 6.36. The predicted octanol–water partition coefficient (Wildman–Crippen LogP) is 3.60. The molecule has 1 saturated carbocycles. The lowest BCUT2D eigenvalue weighted by molar-refractivity contribution is 0.0697. The van der Waals surface area contributed by atoms with Gasteiger partial charge >= 0.3 is 5.97 Å². The first-order valence-corrected chi connectivity index (χ1v) is 8.93. The van der Waals surface area contributed by atoms with Crippen LogP contribution in [0.1, 0.15) is 53.9 Å². The summed E-state index contributed by atoms with van der Waals surface area (Å²) in [4.78, 5) is 20.2. The zero-order valence-corrected chi connectivity index (χ0v) is 14.6. The first kappa shape index (κ1) is 16.5. The molecule has 0 spiro atoms. The molecule has 1 aliphatic rings. The fourth-order valence-corrected chi connectivity index (χ4v) is 3.66. The average Bonchev–Trinajstić information content (AvgIpc) is 3.18. The van der Waals surface area contributed by atoms with Gasteiger partial charge in [0.25, 0.3) is 5.95 Å². The monoisotopic (exact) mass is 351 g/mol. The van der Waals surface area contributed by atoms with Crippen LogP contribution in [0.3, 0.4) is 0 Å². The van der Waals surface area contributed by atoms with Gasteiger partial charge in [0.05, 0.1) is 17.3 Å². The summed E-state index contributed by atoms with van der Waals surface area (Å²) in [5.74, 6) is 0.652. The molecule has 2 heterocycles. The third-order valence-electron chi connectivity index (χ3n) is 5.06. The Morgan fingerprint density at radius 2 is 2.04 bits per heavy atom. The maximum Gasteiger partial charge on any atom is 0.338 e. The van der Waals surface area contributed by atoms with Crippen molar-refractivity contribution in [3.05, 3.63) is 41.7 Å². The van der Waals surface area contributed by atoms with E-state index >= 15 is 0 Å². The van der Waals surface area contributed by atoms with E-state index in [4.69, 9.17) is 5.11 Å². The van der Waals surface area contributed by atoms with E-state index in [0.717, 1.165) is 16.7 Å². The minimum absolute atomic E-state index is 0.104. The lowest BCUT2D eigenvalue weighted by Crippen LogP contribution is -2.07. The van der Waals surface area contributed by atoms with Gasteiger partial charge in [-0.1, -0.05) is 25.3 Å². The first-order valence-electron chi connectivity index (χ1n) is 8.93. The second-order valence-electron chi connectivity index (χ2n) is 6.71. The van der Waals surface area contributed by atoms with Crippen LogP contribution in [-0.2, 0) is 0 Å². The highest BCUT2D eigenvalue weighted by molar-refractivity contribution is 5.90. The lowest BCUT2D eigenvalue weighted by atomic mass is 9.84. The van der Waals surface area contributed by atoms with Gasteiger partial charge in [-0.3, -0.25) is 0 Å². The number of aromatic carboxylic acids is 1. The molecule has 2 aromatic heterocycles. The topological polar surface area (TPSA) is 92.9 Å². The summed E-state index contributed by atoms with van der Waals surface area (Å²) in [6.07, 6.45) is 9.11. The van der Waals surface area contributed by atoms with Gasteiger partial charge in [-0.05, 0) is 36.5 Å². The van der Waals surface area contributed by atoms with Crippen molar-refractivity contribution in [2.75, 3.05) is 12.4 Å². The van der Waals surface area contributed by atoms with Crippen LogP contribution in [0.25, 0.3) is 16.9 Å². The molecule has 0 aliphatic heterocycles. The van der Waals surface area contributed by atoms with Crippen molar-refractivity contribution in [1.82, 2.24) is 19.7 Å². The van der Waals surface area contributed by atoms with Gasteiger partial charge < -0.3 is 10.4 Å². The molecule has 2 N–H and O–H groups in total. The highest BCUT2D eigenvalue weighted by atomic mass is 16.4. The van der Waals surface area contributed by atoms with Crippen LogP contribution in [0, 0.1) is 0 Å². The number of carbonyl (C=O) groups is 1. The number of anilines is 1. The van der Waals surface area contributed by atoms with E-state index < -0.39 is 5.97 Å². The van der Waals surface area contributed by atoms with Crippen LogP contribution in [0.2, 0.25) is 0 Å². The summed E-state index contributed by atoms with van der Waals surface area (Å²) >= 11 is 0. The van der Waals surface area contributed by atoms with E-state index in [1.807, 2.05) is 13.1 Å². The van der Waals surface area contributed by atoms with E-state index in [0.29, 0.717) is 11.9 Å². The largest absolute Gasteiger partial charge is 0.478 e. The Kier molecular flexibility index (Phi) is 4.28. The SMILES string of the molecule is CNc1nc(-n2cc(C(=O)O)cn2)nc2ccc(C3CCCCC3)cc12. The van der Waals surface area contributed by atoms with Gasteiger partial charge in [0, 0.05) is 18.6 Å². The molecule has 0 amide bonds. The number of carboxylic acid groups (broad SMARTS) is 1.